The van der Waals surface area contributed by atoms with Crippen LogP contribution in [0, 0.1) is 5.41 Å². The minimum Gasteiger partial charge on any atom is -0.481 e. The number of amides is 1. The van der Waals surface area contributed by atoms with Crippen LogP contribution < -0.4 is 0 Å². The lowest BCUT2D eigenvalue weighted by atomic mass is 9.76. The van der Waals surface area contributed by atoms with E-state index in [0.29, 0.717) is 36.4 Å². The topological polar surface area (TPSA) is 57.6 Å². The minimum atomic E-state index is -0.816. The molecule has 0 saturated carbocycles. The Bertz CT molecular complexity index is 542. The van der Waals surface area contributed by atoms with Crippen molar-refractivity contribution in [2.24, 2.45) is 5.41 Å². The van der Waals surface area contributed by atoms with Crippen LogP contribution in [0.15, 0.2) is 24.3 Å². The van der Waals surface area contributed by atoms with Gasteiger partial charge in [-0.05, 0) is 31.4 Å². The molecule has 114 valence electrons. The summed E-state index contributed by atoms with van der Waals surface area (Å²) < 4.78 is 0. The number of carboxylic acids is 1. The molecule has 0 aliphatic carbocycles. The standard InChI is InChI=1S/C16H20ClNO3/c1-2-8-16(15(20)21)9-5-10-18(11-16)14(19)12-6-3-4-7-13(12)17/h3-4,6-7H,2,5,8-11H2,1H3,(H,20,21). The van der Waals surface area contributed by atoms with Crippen molar-refractivity contribution in [2.45, 2.75) is 32.6 Å². The Morgan fingerprint density at radius 2 is 2.10 bits per heavy atom. The summed E-state index contributed by atoms with van der Waals surface area (Å²) in [6.45, 7) is 2.82. The van der Waals surface area contributed by atoms with E-state index in [2.05, 4.69) is 0 Å². The average molecular weight is 310 g/mol. The molecule has 1 aliphatic rings. The first kappa shape index (κ1) is 15.8. The Morgan fingerprint density at radius 1 is 1.38 bits per heavy atom. The maximum atomic E-state index is 12.6. The first-order chi connectivity index (χ1) is 10.00. The lowest BCUT2D eigenvalue weighted by molar-refractivity contribution is -0.152. The Hall–Kier alpha value is -1.55. The first-order valence-electron chi connectivity index (χ1n) is 7.27. The molecule has 1 amide bonds. The summed E-state index contributed by atoms with van der Waals surface area (Å²) in [6, 6.07) is 6.89. The van der Waals surface area contributed by atoms with E-state index in [4.69, 9.17) is 11.6 Å². The molecule has 1 N–H and O–H groups in total. The van der Waals surface area contributed by atoms with Gasteiger partial charge in [0.2, 0.25) is 0 Å². The molecule has 21 heavy (non-hydrogen) atoms. The van der Waals surface area contributed by atoms with Crippen LogP contribution in [0.5, 0.6) is 0 Å². The van der Waals surface area contributed by atoms with Crippen LogP contribution in [0.25, 0.3) is 0 Å². The molecule has 1 unspecified atom stereocenters. The maximum Gasteiger partial charge on any atom is 0.311 e. The van der Waals surface area contributed by atoms with Gasteiger partial charge in [0.15, 0.2) is 0 Å². The van der Waals surface area contributed by atoms with E-state index in [1.165, 1.54) is 0 Å². The number of likely N-dealkylation sites (tertiary alicyclic amines) is 1. The van der Waals surface area contributed by atoms with Gasteiger partial charge in [-0.25, -0.2) is 0 Å². The molecule has 4 nitrogen and oxygen atoms in total. The number of rotatable bonds is 4. The fourth-order valence-electron chi connectivity index (χ4n) is 3.07. The summed E-state index contributed by atoms with van der Waals surface area (Å²) in [4.78, 5) is 25.9. The molecule has 1 fully saturated rings. The Morgan fingerprint density at radius 3 is 2.71 bits per heavy atom. The monoisotopic (exact) mass is 309 g/mol. The van der Waals surface area contributed by atoms with E-state index < -0.39 is 11.4 Å². The molecule has 0 bridgehead atoms. The molecule has 2 rings (SSSR count). The van der Waals surface area contributed by atoms with Crippen LogP contribution in [0.1, 0.15) is 43.0 Å². The highest BCUT2D eigenvalue weighted by Crippen LogP contribution is 2.36. The van der Waals surface area contributed by atoms with Crippen LogP contribution in [-0.2, 0) is 4.79 Å². The second-order valence-electron chi connectivity index (χ2n) is 5.65. The minimum absolute atomic E-state index is 0.179. The summed E-state index contributed by atoms with van der Waals surface area (Å²) in [5.41, 5.74) is -0.374. The van der Waals surface area contributed by atoms with Gasteiger partial charge in [0.25, 0.3) is 5.91 Å². The van der Waals surface area contributed by atoms with Gasteiger partial charge >= 0.3 is 5.97 Å². The van der Waals surface area contributed by atoms with Crippen LogP contribution in [0.4, 0.5) is 0 Å². The molecule has 1 atom stereocenters. The van der Waals surface area contributed by atoms with Crippen molar-refractivity contribution < 1.29 is 14.7 Å². The zero-order valence-corrected chi connectivity index (χ0v) is 12.9. The highest BCUT2D eigenvalue weighted by molar-refractivity contribution is 6.33. The second kappa shape index (κ2) is 6.48. The van der Waals surface area contributed by atoms with Crippen molar-refractivity contribution >= 4 is 23.5 Å². The summed E-state index contributed by atoms with van der Waals surface area (Å²) in [6.07, 6.45) is 2.72. The fraction of sp³-hybridized carbons (Fsp3) is 0.500. The number of nitrogens with zero attached hydrogens (tertiary/aromatic N) is 1. The third-order valence-electron chi connectivity index (χ3n) is 4.15. The van der Waals surface area contributed by atoms with Crippen LogP contribution in [0.2, 0.25) is 5.02 Å². The van der Waals surface area contributed by atoms with E-state index in [1.54, 1.807) is 29.2 Å². The van der Waals surface area contributed by atoms with Crippen LogP contribution in [0.3, 0.4) is 0 Å². The molecule has 1 aromatic carbocycles. The molecule has 1 aromatic rings. The van der Waals surface area contributed by atoms with E-state index in [1.807, 2.05) is 6.92 Å². The van der Waals surface area contributed by atoms with E-state index in [0.717, 1.165) is 6.42 Å². The molecule has 1 saturated heterocycles. The highest BCUT2D eigenvalue weighted by atomic mass is 35.5. The molecule has 1 aliphatic heterocycles. The lowest BCUT2D eigenvalue weighted by Gasteiger charge is -2.40. The number of benzene rings is 1. The van der Waals surface area contributed by atoms with Gasteiger partial charge in [-0.15, -0.1) is 0 Å². The first-order valence-corrected chi connectivity index (χ1v) is 7.65. The highest BCUT2D eigenvalue weighted by Gasteiger charge is 2.43. The summed E-state index contributed by atoms with van der Waals surface area (Å²) >= 11 is 6.07. The number of hydrogen-bond donors (Lipinski definition) is 1. The molecular formula is C16H20ClNO3. The van der Waals surface area contributed by atoms with Crippen molar-refractivity contribution in [2.75, 3.05) is 13.1 Å². The van der Waals surface area contributed by atoms with Gasteiger partial charge in [0.05, 0.1) is 16.0 Å². The molecular weight excluding hydrogens is 290 g/mol. The number of piperidine rings is 1. The Labute approximate surface area is 129 Å². The van der Waals surface area contributed by atoms with E-state index in [9.17, 15) is 14.7 Å². The van der Waals surface area contributed by atoms with Gasteiger partial charge in [0, 0.05) is 13.1 Å². The fourth-order valence-corrected chi connectivity index (χ4v) is 3.29. The predicted octanol–water partition coefficient (Wildman–Crippen LogP) is 3.45. The van der Waals surface area contributed by atoms with Crippen molar-refractivity contribution in [3.63, 3.8) is 0 Å². The van der Waals surface area contributed by atoms with Gasteiger partial charge < -0.3 is 10.0 Å². The maximum absolute atomic E-state index is 12.6. The average Bonchev–Trinajstić information content (AvgIpc) is 2.47. The number of aliphatic carboxylic acids is 1. The smallest absolute Gasteiger partial charge is 0.311 e. The quantitative estimate of drug-likeness (QED) is 0.926. The van der Waals surface area contributed by atoms with Gasteiger partial charge in [0.1, 0.15) is 0 Å². The summed E-state index contributed by atoms with van der Waals surface area (Å²) in [7, 11) is 0. The van der Waals surface area contributed by atoms with E-state index in [-0.39, 0.29) is 12.5 Å². The third-order valence-corrected chi connectivity index (χ3v) is 4.48. The van der Waals surface area contributed by atoms with Crippen molar-refractivity contribution in [1.82, 2.24) is 4.90 Å². The van der Waals surface area contributed by atoms with Crippen LogP contribution >= 0.6 is 11.6 Å². The zero-order chi connectivity index (χ0) is 15.5. The Balaban J connectivity index is 2.23. The van der Waals surface area contributed by atoms with Gasteiger partial charge in [-0.2, -0.15) is 0 Å². The van der Waals surface area contributed by atoms with E-state index >= 15 is 0 Å². The number of carbonyl (C=O) groups is 2. The zero-order valence-electron chi connectivity index (χ0n) is 12.1. The van der Waals surface area contributed by atoms with Crippen molar-refractivity contribution in [3.05, 3.63) is 34.9 Å². The number of carbonyl (C=O) groups excluding carboxylic acids is 1. The third kappa shape index (κ3) is 3.21. The number of carboxylic acid groups (broad SMARTS) is 1. The molecule has 1 heterocycles. The molecule has 5 heteroatoms. The summed E-state index contributed by atoms with van der Waals surface area (Å²) in [5, 5.41) is 9.99. The van der Waals surface area contributed by atoms with Crippen molar-refractivity contribution in [3.8, 4) is 0 Å². The Kier molecular flexibility index (Phi) is 4.88. The molecule has 0 radical (unpaired) electrons. The predicted molar refractivity (Wildman–Crippen MR) is 81.6 cm³/mol. The molecule has 0 aromatic heterocycles. The number of hydrogen-bond acceptors (Lipinski definition) is 2. The normalized spacial score (nSPS) is 22.1. The SMILES string of the molecule is CCCC1(C(=O)O)CCCN(C(=O)c2ccccc2Cl)C1. The van der Waals surface area contributed by atoms with Crippen LogP contribution in [-0.4, -0.2) is 35.0 Å². The summed E-state index contributed by atoms with van der Waals surface area (Å²) in [5.74, 6) is -0.983. The van der Waals surface area contributed by atoms with Gasteiger partial charge in [-0.3, -0.25) is 9.59 Å². The van der Waals surface area contributed by atoms with Crippen molar-refractivity contribution in [1.29, 1.82) is 0 Å². The largest absolute Gasteiger partial charge is 0.481 e. The molecule has 0 spiro atoms. The second-order valence-corrected chi connectivity index (χ2v) is 6.05. The number of halogens is 1. The lowest BCUT2D eigenvalue weighted by Crippen LogP contribution is -2.50. The van der Waals surface area contributed by atoms with Gasteiger partial charge in [-0.1, -0.05) is 37.1 Å².